The largest absolute Gasteiger partial charge is 0.466 e. The molecule has 0 radical (unpaired) electrons. The molecule has 6 heteroatoms. The molecule has 0 saturated carbocycles. The maximum atomic E-state index is 11.7. The van der Waals surface area contributed by atoms with Crippen LogP contribution >= 0.6 is 0 Å². The number of hydrogen-bond donors (Lipinski definition) is 1. The highest BCUT2D eigenvalue weighted by Crippen LogP contribution is 2.18. The second-order valence-electron chi connectivity index (χ2n) is 4.18. The van der Waals surface area contributed by atoms with Crippen molar-refractivity contribution in [3.8, 4) is 0 Å². The monoisotopic (exact) mass is 256 g/mol. The molecule has 0 aromatic rings. The molecule has 1 aliphatic heterocycles. The van der Waals surface area contributed by atoms with Gasteiger partial charge >= 0.3 is 17.8 Å². The van der Waals surface area contributed by atoms with Crippen molar-refractivity contribution in [1.29, 1.82) is 0 Å². The van der Waals surface area contributed by atoms with Gasteiger partial charge < -0.3 is 15.0 Å². The maximum Gasteiger partial charge on any atom is 0.311 e. The highest BCUT2D eigenvalue weighted by atomic mass is 16.5. The zero-order chi connectivity index (χ0) is 13.5. The van der Waals surface area contributed by atoms with Crippen LogP contribution in [-0.2, 0) is 19.1 Å². The number of carbonyl (C=O) groups excluding carboxylic acids is 3. The first-order chi connectivity index (χ1) is 8.60. The van der Waals surface area contributed by atoms with E-state index in [4.69, 9.17) is 4.74 Å². The topological polar surface area (TPSA) is 75.7 Å². The fraction of sp³-hybridized carbons (Fsp3) is 0.750. The van der Waals surface area contributed by atoms with Gasteiger partial charge in [-0.25, -0.2) is 0 Å². The van der Waals surface area contributed by atoms with Crippen LogP contribution in [0.3, 0.4) is 0 Å². The maximum absolute atomic E-state index is 11.7. The summed E-state index contributed by atoms with van der Waals surface area (Å²) >= 11 is 0. The first-order valence-electron chi connectivity index (χ1n) is 6.33. The number of likely N-dealkylation sites (N-methyl/N-ethyl adjacent to an activating group) is 1. The number of piperidine rings is 1. The number of esters is 1. The Morgan fingerprint density at radius 2 is 1.83 bits per heavy atom. The molecule has 18 heavy (non-hydrogen) atoms. The summed E-state index contributed by atoms with van der Waals surface area (Å²) in [5.41, 5.74) is 0. The van der Waals surface area contributed by atoms with Crippen molar-refractivity contribution in [2.45, 2.75) is 26.7 Å². The Morgan fingerprint density at radius 1 is 1.22 bits per heavy atom. The zero-order valence-corrected chi connectivity index (χ0v) is 10.9. The lowest BCUT2D eigenvalue weighted by Gasteiger charge is -2.30. The van der Waals surface area contributed by atoms with Crippen LogP contribution in [0.5, 0.6) is 0 Å². The summed E-state index contributed by atoms with van der Waals surface area (Å²) in [5.74, 6) is -1.45. The van der Waals surface area contributed by atoms with E-state index in [1.54, 1.807) is 13.8 Å². The smallest absolute Gasteiger partial charge is 0.311 e. The lowest BCUT2D eigenvalue weighted by atomic mass is 9.97. The van der Waals surface area contributed by atoms with Gasteiger partial charge in [-0.2, -0.15) is 0 Å². The zero-order valence-electron chi connectivity index (χ0n) is 10.9. The second kappa shape index (κ2) is 6.98. The van der Waals surface area contributed by atoms with Crippen molar-refractivity contribution in [1.82, 2.24) is 10.2 Å². The van der Waals surface area contributed by atoms with E-state index in [0.29, 0.717) is 39.1 Å². The average molecular weight is 256 g/mol. The highest BCUT2D eigenvalue weighted by Gasteiger charge is 2.30. The number of rotatable bonds is 3. The molecule has 0 spiro atoms. The van der Waals surface area contributed by atoms with Gasteiger partial charge in [0.25, 0.3) is 0 Å². The number of nitrogens with zero attached hydrogens (tertiary/aromatic N) is 1. The third-order valence-corrected chi connectivity index (χ3v) is 2.93. The van der Waals surface area contributed by atoms with E-state index < -0.39 is 11.8 Å². The summed E-state index contributed by atoms with van der Waals surface area (Å²) < 4.78 is 4.94. The predicted octanol–water partition coefficient (Wildman–Crippen LogP) is -0.0758. The second-order valence-corrected chi connectivity index (χ2v) is 4.18. The summed E-state index contributed by atoms with van der Waals surface area (Å²) in [6.07, 6.45) is 1.12. The first kappa shape index (κ1) is 14.5. The summed E-state index contributed by atoms with van der Waals surface area (Å²) in [5, 5.41) is 2.48. The van der Waals surface area contributed by atoms with E-state index in [-0.39, 0.29) is 11.9 Å². The third kappa shape index (κ3) is 3.72. The minimum atomic E-state index is -0.577. The average Bonchev–Trinajstić information content (AvgIpc) is 2.38. The van der Waals surface area contributed by atoms with Gasteiger partial charge in [0.05, 0.1) is 12.5 Å². The number of ether oxygens (including phenoxy) is 1. The fourth-order valence-corrected chi connectivity index (χ4v) is 1.96. The molecule has 1 fully saturated rings. The van der Waals surface area contributed by atoms with Crippen molar-refractivity contribution in [2.75, 3.05) is 26.2 Å². The molecule has 102 valence electrons. The Hall–Kier alpha value is -1.59. The van der Waals surface area contributed by atoms with Gasteiger partial charge in [0.2, 0.25) is 0 Å². The number of hydrogen-bond acceptors (Lipinski definition) is 4. The van der Waals surface area contributed by atoms with E-state index in [1.165, 1.54) is 4.90 Å². The Labute approximate surface area is 107 Å². The van der Waals surface area contributed by atoms with Crippen LogP contribution in [0, 0.1) is 5.92 Å². The SMILES string of the molecule is CCNC(=O)C(=O)N1CCC(C(=O)OCC)CC1. The summed E-state index contributed by atoms with van der Waals surface area (Å²) in [7, 11) is 0. The third-order valence-electron chi connectivity index (χ3n) is 2.93. The first-order valence-corrected chi connectivity index (χ1v) is 6.33. The minimum absolute atomic E-state index is 0.150. The number of nitrogens with one attached hydrogen (secondary N) is 1. The minimum Gasteiger partial charge on any atom is -0.466 e. The van der Waals surface area contributed by atoms with Crippen LogP contribution < -0.4 is 5.32 Å². The fourth-order valence-electron chi connectivity index (χ4n) is 1.96. The molecule has 1 N–H and O–H groups in total. The van der Waals surface area contributed by atoms with E-state index in [2.05, 4.69) is 5.32 Å². The molecular formula is C12H20N2O4. The van der Waals surface area contributed by atoms with Gasteiger partial charge in [-0.15, -0.1) is 0 Å². The van der Waals surface area contributed by atoms with Gasteiger partial charge in [0.15, 0.2) is 0 Å². The Kier molecular flexibility index (Phi) is 5.61. The highest BCUT2D eigenvalue weighted by molar-refractivity contribution is 6.35. The van der Waals surface area contributed by atoms with Crippen molar-refractivity contribution in [3.05, 3.63) is 0 Å². The van der Waals surface area contributed by atoms with E-state index in [1.807, 2.05) is 0 Å². The molecule has 2 amide bonds. The Bertz CT molecular complexity index is 322. The molecule has 0 aromatic heterocycles. The van der Waals surface area contributed by atoms with Gasteiger partial charge in [-0.3, -0.25) is 14.4 Å². The molecule has 0 unspecified atom stereocenters. The molecule has 1 saturated heterocycles. The number of amides is 2. The molecule has 1 rings (SSSR count). The van der Waals surface area contributed by atoms with Gasteiger partial charge in [0, 0.05) is 19.6 Å². The molecule has 6 nitrogen and oxygen atoms in total. The number of carbonyl (C=O) groups is 3. The number of likely N-dealkylation sites (tertiary alicyclic amines) is 1. The van der Waals surface area contributed by atoms with Crippen LogP contribution in [0.25, 0.3) is 0 Å². The molecule has 1 aliphatic rings. The molecule has 1 heterocycles. The van der Waals surface area contributed by atoms with Gasteiger partial charge in [-0.05, 0) is 26.7 Å². The van der Waals surface area contributed by atoms with E-state index in [0.717, 1.165) is 0 Å². The summed E-state index contributed by atoms with van der Waals surface area (Å²) in [6.45, 7) is 5.20. The van der Waals surface area contributed by atoms with Crippen LogP contribution in [0.15, 0.2) is 0 Å². The molecule has 0 aliphatic carbocycles. The van der Waals surface area contributed by atoms with Crippen LogP contribution in [0.4, 0.5) is 0 Å². The molecule has 0 aromatic carbocycles. The van der Waals surface area contributed by atoms with Crippen molar-refractivity contribution >= 4 is 17.8 Å². The van der Waals surface area contributed by atoms with E-state index >= 15 is 0 Å². The predicted molar refractivity (Wildman–Crippen MR) is 64.6 cm³/mol. The van der Waals surface area contributed by atoms with Crippen LogP contribution in [0.2, 0.25) is 0 Å². The summed E-state index contributed by atoms with van der Waals surface area (Å²) in [6, 6.07) is 0. The van der Waals surface area contributed by atoms with Crippen LogP contribution in [-0.4, -0.2) is 48.9 Å². The normalized spacial score (nSPS) is 16.2. The Balaban J connectivity index is 2.41. The molecule has 0 bridgehead atoms. The summed E-state index contributed by atoms with van der Waals surface area (Å²) in [4.78, 5) is 36.0. The van der Waals surface area contributed by atoms with Crippen molar-refractivity contribution in [2.24, 2.45) is 5.92 Å². The van der Waals surface area contributed by atoms with E-state index in [9.17, 15) is 14.4 Å². The van der Waals surface area contributed by atoms with Gasteiger partial charge in [0.1, 0.15) is 0 Å². The quantitative estimate of drug-likeness (QED) is 0.566. The Morgan fingerprint density at radius 3 is 2.33 bits per heavy atom. The van der Waals surface area contributed by atoms with Crippen molar-refractivity contribution < 1.29 is 19.1 Å². The lowest BCUT2D eigenvalue weighted by Crippen LogP contribution is -2.47. The van der Waals surface area contributed by atoms with Gasteiger partial charge in [-0.1, -0.05) is 0 Å². The van der Waals surface area contributed by atoms with Crippen molar-refractivity contribution in [3.63, 3.8) is 0 Å². The standard InChI is InChI=1S/C12H20N2O4/c1-3-13-10(15)11(16)14-7-5-9(6-8-14)12(17)18-4-2/h9H,3-8H2,1-2H3,(H,13,15). The molecule has 0 atom stereocenters. The molecular weight excluding hydrogens is 236 g/mol. The lowest BCUT2D eigenvalue weighted by molar-refractivity contribution is -0.152. The van der Waals surface area contributed by atoms with Crippen LogP contribution in [0.1, 0.15) is 26.7 Å².